The predicted octanol–water partition coefficient (Wildman–Crippen LogP) is -1.16. The molecule has 6 heavy (non-hydrogen) atoms. The monoisotopic (exact) mass is 205 g/mol. The van der Waals surface area contributed by atoms with Gasteiger partial charge in [-0.15, -0.1) is 0 Å². The van der Waals surface area contributed by atoms with E-state index in [1.165, 1.54) is 0 Å². The Labute approximate surface area is 38.1 Å². The fourth-order valence-electron chi connectivity index (χ4n) is 0. The second kappa shape index (κ2) is 1.53. The third-order valence-electron chi connectivity index (χ3n) is 0.115. The van der Waals surface area contributed by atoms with Crippen molar-refractivity contribution in [2.24, 2.45) is 0 Å². The van der Waals surface area contributed by atoms with Gasteiger partial charge < -0.3 is 0 Å². The Bertz CT molecular complexity index is 160. The van der Waals surface area contributed by atoms with Crippen LogP contribution in [-0.2, 0) is 6.21 Å². The molecule has 0 aromatic carbocycles. The zero-order chi connectivity index (χ0) is 5.21. The molecule has 0 radical (unpaired) electrons. The predicted molar refractivity (Wildman–Crippen MR) is 15.0 cm³/mol. The van der Waals surface area contributed by atoms with Crippen molar-refractivity contribution in [3.8, 4) is 4.12 Å². The Balaban J connectivity index is 4.41. The molecular formula is CHNO3Te. The molecule has 34 valence electrons. The van der Waals surface area contributed by atoms with Gasteiger partial charge in [0, 0.05) is 0 Å². The van der Waals surface area contributed by atoms with Gasteiger partial charge in [-0.2, -0.15) is 0 Å². The van der Waals surface area contributed by atoms with Crippen molar-refractivity contribution in [1.29, 1.82) is 5.26 Å². The maximum absolute atomic E-state index is 9.30. The molecular weight excluding hydrogens is 202 g/mol. The third kappa shape index (κ3) is 3.84. The van der Waals surface area contributed by atoms with Crippen LogP contribution in [0.1, 0.15) is 0 Å². The molecule has 0 amide bonds. The number of rotatable bonds is 0. The molecule has 0 fully saturated rings. The summed E-state index contributed by atoms with van der Waals surface area (Å²) < 4.78 is 26.9. The zero-order valence-electron chi connectivity index (χ0n) is 2.62. The van der Waals surface area contributed by atoms with E-state index in [0.717, 1.165) is 4.12 Å². The Kier molecular flexibility index (Phi) is 1.48. The third-order valence-corrected chi connectivity index (χ3v) is 0.774. The summed E-state index contributed by atoms with van der Waals surface area (Å²) in [6.07, 6.45) is 0. The summed E-state index contributed by atoms with van der Waals surface area (Å²) in [5.74, 6) is 0. The van der Waals surface area contributed by atoms with E-state index in [2.05, 4.69) is 0 Å². The summed E-state index contributed by atoms with van der Waals surface area (Å²) in [6, 6.07) is 0. The van der Waals surface area contributed by atoms with Crippen molar-refractivity contribution in [2.75, 3.05) is 0 Å². The van der Waals surface area contributed by atoms with E-state index in [4.69, 9.17) is 8.73 Å². The van der Waals surface area contributed by atoms with Crippen molar-refractivity contribution in [3.63, 3.8) is 0 Å². The quantitative estimate of drug-likeness (QED) is 0.503. The van der Waals surface area contributed by atoms with E-state index in [1.54, 1.807) is 0 Å². The molecule has 5 heteroatoms. The van der Waals surface area contributed by atoms with Crippen molar-refractivity contribution in [3.05, 3.63) is 0 Å². The summed E-state index contributed by atoms with van der Waals surface area (Å²) in [6.45, 7) is 0. The molecule has 0 atom stereocenters. The van der Waals surface area contributed by atoms with Crippen LogP contribution < -0.4 is 0 Å². The van der Waals surface area contributed by atoms with Crippen molar-refractivity contribution in [1.82, 2.24) is 0 Å². The first-order valence-electron chi connectivity index (χ1n) is 0.944. The Hall–Kier alpha value is -0.160. The van der Waals surface area contributed by atoms with E-state index in [-0.39, 0.29) is 0 Å². The van der Waals surface area contributed by atoms with Crippen molar-refractivity contribution in [2.45, 2.75) is 0 Å². The molecule has 1 N–H and O–H groups in total. The maximum atomic E-state index is 9.30. The van der Waals surface area contributed by atoms with E-state index in [1.807, 2.05) is 0 Å². The molecule has 4 nitrogen and oxygen atoms in total. The van der Waals surface area contributed by atoms with Crippen molar-refractivity contribution >= 4 is 18.6 Å². The van der Waals surface area contributed by atoms with E-state index in [0.29, 0.717) is 0 Å². The first kappa shape index (κ1) is 5.84. The first-order chi connectivity index (χ1) is 2.56. The summed E-state index contributed by atoms with van der Waals surface area (Å²) >= 11 is -5.26. The fourth-order valence-corrected chi connectivity index (χ4v) is 0. The van der Waals surface area contributed by atoms with Gasteiger partial charge in [0.05, 0.1) is 0 Å². The second-order valence-corrected chi connectivity index (χ2v) is 3.80. The van der Waals surface area contributed by atoms with Crippen LogP contribution in [0, 0.1) is 9.38 Å². The van der Waals surface area contributed by atoms with Crippen LogP contribution >= 0.6 is 0 Å². The summed E-state index contributed by atoms with van der Waals surface area (Å²) in [5, 5.41) is 7.36. The average molecular weight is 203 g/mol. The van der Waals surface area contributed by atoms with Gasteiger partial charge in [0.15, 0.2) is 0 Å². The van der Waals surface area contributed by atoms with Gasteiger partial charge in [-0.25, -0.2) is 0 Å². The number of hydrogen-bond donors (Lipinski definition) is 1. The van der Waals surface area contributed by atoms with Gasteiger partial charge in [0.1, 0.15) is 0 Å². The molecule has 0 rings (SSSR count). The minimum atomic E-state index is -5.26. The molecule has 0 saturated heterocycles. The van der Waals surface area contributed by atoms with Gasteiger partial charge >= 0.3 is 37.6 Å². The van der Waals surface area contributed by atoms with Crippen LogP contribution in [0.5, 0.6) is 0 Å². The van der Waals surface area contributed by atoms with Crippen LogP contribution in [0.25, 0.3) is 0 Å². The van der Waals surface area contributed by atoms with Crippen LogP contribution in [-0.4, -0.2) is 22.0 Å². The number of nitrogens with zero attached hydrogens (tertiary/aromatic N) is 1. The molecule has 0 aliphatic carbocycles. The molecule has 0 heterocycles. The molecule has 0 bridgehead atoms. The van der Waals surface area contributed by atoms with Gasteiger partial charge in [0.25, 0.3) is 0 Å². The van der Waals surface area contributed by atoms with Gasteiger partial charge in [0.2, 0.25) is 0 Å². The van der Waals surface area contributed by atoms with Crippen LogP contribution in [0.4, 0.5) is 0 Å². The molecule has 0 saturated carbocycles. The number of nitriles is 1. The molecule has 0 unspecified atom stereocenters. The van der Waals surface area contributed by atoms with E-state index >= 15 is 0 Å². The van der Waals surface area contributed by atoms with E-state index in [9.17, 15) is 6.21 Å². The fraction of sp³-hybridized carbons (Fsp3) is 0. The summed E-state index contributed by atoms with van der Waals surface area (Å²) in [4.78, 5) is 0. The normalized spacial score (nSPS) is 10.0. The second-order valence-electron chi connectivity index (χ2n) is 0.566. The van der Waals surface area contributed by atoms with Crippen molar-refractivity contribution < 1.29 is 9.68 Å². The van der Waals surface area contributed by atoms with Gasteiger partial charge in [-0.1, -0.05) is 0 Å². The Morgan fingerprint density at radius 2 is 1.83 bits per heavy atom. The van der Waals surface area contributed by atoms with E-state index < -0.39 is 18.6 Å². The standard InChI is InChI=1S/CHNO3Te/c2-1-6(3,4)5/h(H,3,4,5). The topological polar surface area (TPSA) is 78.2 Å². The molecule has 0 spiro atoms. The first-order valence-corrected chi connectivity index (χ1v) is 5.05. The van der Waals surface area contributed by atoms with Gasteiger partial charge in [-0.3, -0.25) is 0 Å². The average Bonchev–Trinajstić information content (AvgIpc) is 1.35. The minimum absolute atomic E-state index is 0.739. The Morgan fingerprint density at radius 1 is 1.67 bits per heavy atom. The molecule has 0 aliphatic rings. The SMILES string of the molecule is N#C[Te](=O)(=O)O. The van der Waals surface area contributed by atoms with Crippen LogP contribution in [0.15, 0.2) is 0 Å². The number of hydrogen-bond acceptors (Lipinski definition) is 3. The van der Waals surface area contributed by atoms with Gasteiger partial charge in [-0.05, 0) is 0 Å². The molecule has 0 aromatic rings. The summed E-state index contributed by atoms with van der Waals surface area (Å²) in [7, 11) is 0. The van der Waals surface area contributed by atoms with Crippen LogP contribution in [0.3, 0.4) is 0 Å². The molecule has 0 aromatic heterocycles. The molecule has 0 aliphatic heterocycles. The zero-order valence-corrected chi connectivity index (χ0v) is 4.95. The van der Waals surface area contributed by atoms with Crippen LogP contribution in [0.2, 0.25) is 0 Å². The summed E-state index contributed by atoms with van der Waals surface area (Å²) in [5.41, 5.74) is 0. The Morgan fingerprint density at radius 3 is 1.83 bits per heavy atom.